The minimum absolute atomic E-state index is 0.175. The van der Waals surface area contributed by atoms with Gasteiger partial charge in [0.1, 0.15) is 5.76 Å². The first kappa shape index (κ1) is 13.6. The molecule has 1 aromatic rings. The van der Waals surface area contributed by atoms with Gasteiger partial charge in [-0.25, -0.2) is 0 Å². The van der Waals surface area contributed by atoms with Gasteiger partial charge in [-0.3, -0.25) is 4.79 Å². The molecule has 0 bridgehead atoms. The van der Waals surface area contributed by atoms with Gasteiger partial charge in [-0.15, -0.1) is 0 Å². The number of hydrogen-bond acceptors (Lipinski definition) is 4. The van der Waals surface area contributed by atoms with Crippen molar-refractivity contribution in [3.05, 3.63) is 17.0 Å². The summed E-state index contributed by atoms with van der Waals surface area (Å²) in [6, 6.07) is -0.175. The fourth-order valence-electron chi connectivity index (χ4n) is 1.65. The van der Waals surface area contributed by atoms with E-state index in [-0.39, 0.29) is 16.9 Å². The Morgan fingerprint density at radius 3 is 2.47 bits per heavy atom. The minimum atomic E-state index is -0.479. The molecule has 1 aromatic heterocycles. The zero-order chi connectivity index (χ0) is 13.2. The van der Waals surface area contributed by atoms with Crippen LogP contribution in [0.5, 0.6) is 0 Å². The molecule has 1 rings (SSSR count). The molecule has 0 aliphatic carbocycles. The minimum Gasteiger partial charge on any atom is -0.393 e. The lowest BCUT2D eigenvalue weighted by molar-refractivity contribution is -0.123. The Morgan fingerprint density at radius 1 is 1.47 bits per heavy atom. The second-order valence-corrected chi connectivity index (χ2v) is 4.56. The smallest absolute Gasteiger partial charge is 0.230 e. The number of nitrogens with one attached hydrogen (secondary N) is 1. The van der Waals surface area contributed by atoms with Crippen LogP contribution in [0.4, 0.5) is 0 Å². The maximum absolute atomic E-state index is 11.8. The van der Waals surface area contributed by atoms with Gasteiger partial charge in [0.2, 0.25) is 5.91 Å². The van der Waals surface area contributed by atoms with Crippen LogP contribution in [0.1, 0.15) is 36.9 Å². The van der Waals surface area contributed by atoms with Gasteiger partial charge in [-0.2, -0.15) is 0 Å². The molecule has 6 heteroatoms. The van der Waals surface area contributed by atoms with Crippen molar-refractivity contribution < 1.29 is 9.32 Å². The van der Waals surface area contributed by atoms with Crippen LogP contribution < -0.4 is 11.1 Å². The van der Waals surface area contributed by atoms with E-state index in [4.69, 9.17) is 22.5 Å². The molecule has 5 nitrogen and oxygen atoms in total. The van der Waals surface area contributed by atoms with E-state index in [0.29, 0.717) is 5.76 Å². The summed E-state index contributed by atoms with van der Waals surface area (Å²) in [5, 5.41) is 6.69. The van der Waals surface area contributed by atoms with E-state index in [1.165, 1.54) is 0 Å². The normalized spacial score (nSPS) is 14.1. The lowest BCUT2D eigenvalue weighted by Gasteiger charge is -2.16. The quantitative estimate of drug-likeness (QED) is 0.795. The average molecular weight is 255 g/mol. The van der Waals surface area contributed by atoms with Crippen molar-refractivity contribution in [1.29, 1.82) is 0 Å². The second-order valence-electron chi connectivity index (χ2n) is 4.09. The first-order valence-electron chi connectivity index (χ1n) is 5.37. The molecule has 0 radical (unpaired) electrons. The molecule has 17 heavy (non-hydrogen) atoms. The van der Waals surface area contributed by atoms with E-state index >= 15 is 0 Å². The largest absolute Gasteiger partial charge is 0.393 e. The number of aryl methyl sites for hydroxylation is 2. The Labute approximate surface area is 106 Å². The van der Waals surface area contributed by atoms with Gasteiger partial charge in [0, 0.05) is 5.56 Å². The van der Waals surface area contributed by atoms with Crippen molar-refractivity contribution >= 4 is 23.1 Å². The fourth-order valence-corrected chi connectivity index (χ4v) is 1.76. The third kappa shape index (κ3) is 3.03. The summed E-state index contributed by atoms with van der Waals surface area (Å²) in [7, 11) is 0. The van der Waals surface area contributed by atoms with Crippen LogP contribution in [0.15, 0.2) is 4.52 Å². The number of nitrogens with two attached hydrogens (primary N) is 1. The second kappa shape index (κ2) is 5.27. The Balaban J connectivity index is 2.77. The molecular weight excluding hydrogens is 238 g/mol. The van der Waals surface area contributed by atoms with E-state index < -0.39 is 5.92 Å². The van der Waals surface area contributed by atoms with Gasteiger partial charge in [0.15, 0.2) is 0 Å². The number of carbonyl (C=O) groups is 1. The van der Waals surface area contributed by atoms with Crippen LogP contribution in [0, 0.1) is 19.8 Å². The van der Waals surface area contributed by atoms with Gasteiger partial charge in [0.05, 0.1) is 22.6 Å². The molecule has 0 aromatic carbocycles. The summed E-state index contributed by atoms with van der Waals surface area (Å²) in [5.74, 6) is 0.0381. The maximum Gasteiger partial charge on any atom is 0.230 e. The van der Waals surface area contributed by atoms with Crippen molar-refractivity contribution in [2.45, 2.75) is 33.7 Å². The van der Waals surface area contributed by atoms with Crippen LogP contribution in [-0.2, 0) is 4.79 Å². The Hall–Kier alpha value is -1.43. The molecule has 0 aliphatic rings. The molecule has 1 heterocycles. The summed E-state index contributed by atoms with van der Waals surface area (Å²) in [6.07, 6.45) is 0. The first-order chi connectivity index (χ1) is 7.84. The van der Waals surface area contributed by atoms with Crippen LogP contribution >= 0.6 is 12.2 Å². The van der Waals surface area contributed by atoms with Gasteiger partial charge >= 0.3 is 0 Å². The van der Waals surface area contributed by atoms with E-state index in [9.17, 15) is 4.79 Å². The number of amides is 1. The Morgan fingerprint density at radius 2 is 2.06 bits per heavy atom. The van der Waals surface area contributed by atoms with Crippen molar-refractivity contribution in [3.63, 3.8) is 0 Å². The standard InChI is InChI=1S/C11H17N3O2S/c1-5(10(12)17)11(15)13-6(2)9-7(3)14-16-8(9)4/h5-6H,1-4H3,(H2,12,17)(H,13,15). The summed E-state index contributed by atoms with van der Waals surface area (Å²) >= 11 is 4.78. The molecule has 0 aliphatic heterocycles. The Kier molecular flexibility index (Phi) is 4.22. The molecule has 3 N–H and O–H groups in total. The van der Waals surface area contributed by atoms with E-state index in [2.05, 4.69) is 10.5 Å². The van der Waals surface area contributed by atoms with Crippen LogP contribution in [0.25, 0.3) is 0 Å². The van der Waals surface area contributed by atoms with Gasteiger partial charge < -0.3 is 15.6 Å². The molecule has 0 saturated heterocycles. The van der Waals surface area contributed by atoms with E-state index in [0.717, 1.165) is 11.3 Å². The zero-order valence-electron chi connectivity index (χ0n) is 10.4. The molecular formula is C11H17N3O2S. The number of nitrogens with zero attached hydrogens (tertiary/aromatic N) is 1. The molecule has 0 spiro atoms. The SMILES string of the molecule is Cc1noc(C)c1C(C)NC(=O)C(C)C(N)=S. The van der Waals surface area contributed by atoms with Crippen molar-refractivity contribution in [3.8, 4) is 0 Å². The summed E-state index contributed by atoms with van der Waals surface area (Å²) in [6.45, 7) is 7.20. The average Bonchev–Trinajstić information content (AvgIpc) is 2.56. The zero-order valence-corrected chi connectivity index (χ0v) is 11.2. The van der Waals surface area contributed by atoms with Crippen molar-refractivity contribution in [1.82, 2.24) is 10.5 Å². The molecule has 0 fully saturated rings. The predicted molar refractivity (Wildman–Crippen MR) is 68.5 cm³/mol. The first-order valence-corrected chi connectivity index (χ1v) is 5.77. The van der Waals surface area contributed by atoms with Crippen LogP contribution in [0.3, 0.4) is 0 Å². The van der Waals surface area contributed by atoms with Gasteiger partial charge in [0.25, 0.3) is 0 Å². The van der Waals surface area contributed by atoms with Crippen LogP contribution in [-0.4, -0.2) is 16.1 Å². The highest BCUT2D eigenvalue weighted by Crippen LogP contribution is 2.21. The lowest BCUT2D eigenvalue weighted by atomic mass is 10.1. The number of aromatic nitrogens is 1. The number of hydrogen-bond donors (Lipinski definition) is 2. The van der Waals surface area contributed by atoms with Crippen molar-refractivity contribution in [2.24, 2.45) is 11.7 Å². The molecule has 94 valence electrons. The molecule has 1 amide bonds. The maximum atomic E-state index is 11.8. The van der Waals surface area contributed by atoms with Crippen molar-refractivity contribution in [2.75, 3.05) is 0 Å². The van der Waals surface area contributed by atoms with Gasteiger partial charge in [-0.05, 0) is 27.7 Å². The summed E-state index contributed by atoms with van der Waals surface area (Å²) < 4.78 is 5.05. The highest BCUT2D eigenvalue weighted by atomic mass is 32.1. The number of rotatable bonds is 4. The predicted octanol–water partition coefficient (Wildman–Crippen LogP) is 1.39. The lowest BCUT2D eigenvalue weighted by Crippen LogP contribution is -2.37. The number of thiocarbonyl (C=S) groups is 1. The van der Waals surface area contributed by atoms with Gasteiger partial charge in [-0.1, -0.05) is 17.4 Å². The molecule has 2 atom stereocenters. The van der Waals surface area contributed by atoms with E-state index in [1.807, 2.05) is 20.8 Å². The fraction of sp³-hybridized carbons (Fsp3) is 0.545. The third-order valence-corrected chi connectivity index (χ3v) is 3.05. The summed E-state index contributed by atoms with van der Waals surface area (Å²) in [4.78, 5) is 12.0. The third-order valence-electron chi connectivity index (χ3n) is 2.70. The molecule has 2 unspecified atom stereocenters. The highest BCUT2D eigenvalue weighted by Gasteiger charge is 2.22. The van der Waals surface area contributed by atoms with Crippen LogP contribution in [0.2, 0.25) is 0 Å². The number of carbonyl (C=O) groups excluding carboxylic acids is 1. The molecule has 0 saturated carbocycles. The Bertz CT molecular complexity index is 422. The monoisotopic (exact) mass is 255 g/mol. The topological polar surface area (TPSA) is 81.2 Å². The van der Waals surface area contributed by atoms with E-state index in [1.54, 1.807) is 6.92 Å². The summed E-state index contributed by atoms with van der Waals surface area (Å²) in [5.41, 5.74) is 7.10. The highest BCUT2D eigenvalue weighted by molar-refractivity contribution is 7.80.